The third-order valence-corrected chi connectivity index (χ3v) is 3.11. The van der Waals surface area contributed by atoms with Crippen molar-refractivity contribution < 1.29 is 4.79 Å². The number of fused-ring (bicyclic) bond motifs is 1. The van der Waals surface area contributed by atoms with Crippen LogP contribution < -0.4 is 5.32 Å². The van der Waals surface area contributed by atoms with E-state index in [1.54, 1.807) is 6.20 Å². The van der Waals surface area contributed by atoms with Crippen molar-refractivity contribution in [2.75, 3.05) is 6.54 Å². The van der Waals surface area contributed by atoms with Crippen LogP contribution in [0.1, 0.15) is 16.1 Å². The van der Waals surface area contributed by atoms with Gasteiger partial charge in [-0.05, 0) is 35.6 Å². The number of nitrogens with one attached hydrogen (secondary N) is 2. The van der Waals surface area contributed by atoms with Gasteiger partial charge in [0, 0.05) is 30.7 Å². The smallest absolute Gasteiger partial charge is 0.271 e. The number of amides is 1. The van der Waals surface area contributed by atoms with Gasteiger partial charge in [-0.25, -0.2) is 4.98 Å². The first-order valence-electron chi connectivity index (χ1n) is 6.43. The SMILES string of the molecule is O=C(NCCc1ccc2[nH]ccc2c1)c1cnccn1. The Morgan fingerprint density at radius 1 is 1.25 bits per heavy atom. The Kier molecular flexibility index (Phi) is 3.41. The van der Waals surface area contributed by atoms with E-state index in [1.807, 2.05) is 12.3 Å². The summed E-state index contributed by atoms with van der Waals surface area (Å²) < 4.78 is 0. The Hall–Kier alpha value is -2.69. The summed E-state index contributed by atoms with van der Waals surface area (Å²) in [4.78, 5) is 22.8. The zero-order valence-corrected chi connectivity index (χ0v) is 10.8. The summed E-state index contributed by atoms with van der Waals surface area (Å²) in [6.45, 7) is 0.575. The molecule has 20 heavy (non-hydrogen) atoms. The van der Waals surface area contributed by atoms with Crippen molar-refractivity contribution >= 4 is 16.8 Å². The maximum Gasteiger partial charge on any atom is 0.271 e. The summed E-state index contributed by atoms with van der Waals surface area (Å²) >= 11 is 0. The van der Waals surface area contributed by atoms with Gasteiger partial charge in [0.05, 0.1) is 6.20 Å². The first-order chi connectivity index (χ1) is 9.83. The topological polar surface area (TPSA) is 70.7 Å². The van der Waals surface area contributed by atoms with E-state index < -0.39 is 0 Å². The zero-order valence-electron chi connectivity index (χ0n) is 10.8. The Morgan fingerprint density at radius 2 is 2.20 bits per heavy atom. The number of benzene rings is 1. The van der Waals surface area contributed by atoms with Crippen molar-refractivity contribution in [3.8, 4) is 0 Å². The van der Waals surface area contributed by atoms with Crippen LogP contribution in [0.2, 0.25) is 0 Å². The molecule has 0 aliphatic rings. The van der Waals surface area contributed by atoms with Gasteiger partial charge in [-0.15, -0.1) is 0 Å². The lowest BCUT2D eigenvalue weighted by Gasteiger charge is -2.04. The third kappa shape index (κ3) is 2.66. The van der Waals surface area contributed by atoms with Gasteiger partial charge in [-0.1, -0.05) is 6.07 Å². The van der Waals surface area contributed by atoms with Gasteiger partial charge >= 0.3 is 0 Å². The quantitative estimate of drug-likeness (QED) is 0.758. The van der Waals surface area contributed by atoms with Crippen LogP contribution in [0.25, 0.3) is 10.9 Å². The average Bonchev–Trinajstić information content (AvgIpc) is 2.95. The zero-order chi connectivity index (χ0) is 13.8. The molecule has 0 atom stereocenters. The lowest BCUT2D eigenvalue weighted by Crippen LogP contribution is -2.26. The van der Waals surface area contributed by atoms with E-state index in [1.165, 1.54) is 23.3 Å². The molecule has 2 aromatic heterocycles. The molecule has 0 radical (unpaired) electrons. The third-order valence-electron chi connectivity index (χ3n) is 3.11. The molecule has 3 aromatic rings. The molecule has 3 rings (SSSR count). The van der Waals surface area contributed by atoms with Crippen molar-refractivity contribution in [3.05, 3.63) is 60.3 Å². The lowest BCUT2D eigenvalue weighted by atomic mass is 10.1. The predicted molar refractivity (Wildman–Crippen MR) is 76.4 cm³/mol. The highest BCUT2D eigenvalue weighted by molar-refractivity contribution is 5.91. The van der Waals surface area contributed by atoms with Crippen molar-refractivity contribution in [2.24, 2.45) is 0 Å². The molecule has 0 bridgehead atoms. The minimum absolute atomic E-state index is 0.194. The summed E-state index contributed by atoms with van der Waals surface area (Å²) in [6.07, 6.45) is 7.22. The summed E-state index contributed by atoms with van der Waals surface area (Å²) in [5.74, 6) is -0.194. The number of aromatic nitrogens is 3. The number of carbonyl (C=O) groups excluding carboxylic acids is 1. The van der Waals surface area contributed by atoms with E-state index in [-0.39, 0.29) is 5.91 Å². The molecule has 0 saturated carbocycles. The molecule has 100 valence electrons. The number of H-pyrrole nitrogens is 1. The minimum atomic E-state index is -0.194. The molecule has 0 aliphatic heterocycles. The first-order valence-corrected chi connectivity index (χ1v) is 6.43. The van der Waals surface area contributed by atoms with Crippen molar-refractivity contribution in [1.29, 1.82) is 0 Å². The normalized spacial score (nSPS) is 10.6. The van der Waals surface area contributed by atoms with E-state index in [9.17, 15) is 4.79 Å². The molecule has 2 N–H and O–H groups in total. The van der Waals surface area contributed by atoms with Gasteiger partial charge < -0.3 is 10.3 Å². The van der Waals surface area contributed by atoms with E-state index >= 15 is 0 Å². The Balaban J connectivity index is 1.58. The summed E-state index contributed by atoms with van der Waals surface area (Å²) in [5, 5.41) is 4.02. The molecule has 0 unspecified atom stereocenters. The van der Waals surface area contributed by atoms with Gasteiger partial charge in [-0.3, -0.25) is 9.78 Å². The van der Waals surface area contributed by atoms with Crippen molar-refractivity contribution in [1.82, 2.24) is 20.3 Å². The van der Waals surface area contributed by atoms with Crippen LogP contribution in [0.15, 0.2) is 49.1 Å². The van der Waals surface area contributed by atoms with E-state index in [0.29, 0.717) is 12.2 Å². The highest BCUT2D eigenvalue weighted by Gasteiger charge is 2.05. The molecule has 1 aromatic carbocycles. The highest BCUT2D eigenvalue weighted by atomic mass is 16.1. The van der Waals surface area contributed by atoms with Crippen molar-refractivity contribution in [2.45, 2.75) is 6.42 Å². The predicted octanol–water partition coefficient (Wildman–Crippen LogP) is 1.93. The van der Waals surface area contributed by atoms with Crippen LogP contribution >= 0.6 is 0 Å². The maximum absolute atomic E-state index is 11.8. The van der Waals surface area contributed by atoms with E-state index in [4.69, 9.17) is 0 Å². The Bertz CT molecular complexity index is 721. The second kappa shape index (κ2) is 5.52. The molecule has 0 spiro atoms. The number of hydrogen-bond acceptors (Lipinski definition) is 3. The average molecular weight is 266 g/mol. The molecular formula is C15H14N4O. The van der Waals surface area contributed by atoms with E-state index in [2.05, 4.69) is 38.5 Å². The molecule has 0 fully saturated rings. The molecule has 2 heterocycles. The van der Waals surface area contributed by atoms with E-state index in [0.717, 1.165) is 11.9 Å². The van der Waals surface area contributed by atoms with Gasteiger partial charge in [0.25, 0.3) is 5.91 Å². The standard InChI is InChI=1S/C15H14N4O/c20-15(14-10-16-7-8-18-14)19-5-3-11-1-2-13-12(9-11)4-6-17-13/h1-2,4,6-10,17H,3,5H2,(H,19,20). The van der Waals surface area contributed by atoms with Crippen LogP contribution in [-0.2, 0) is 6.42 Å². The highest BCUT2D eigenvalue weighted by Crippen LogP contribution is 2.14. The number of rotatable bonds is 4. The van der Waals surface area contributed by atoms with Crippen LogP contribution in [-0.4, -0.2) is 27.4 Å². The fourth-order valence-corrected chi connectivity index (χ4v) is 2.09. The van der Waals surface area contributed by atoms with Gasteiger partial charge in [0.2, 0.25) is 0 Å². The molecule has 1 amide bonds. The largest absolute Gasteiger partial charge is 0.361 e. The monoisotopic (exact) mass is 266 g/mol. The van der Waals surface area contributed by atoms with Crippen molar-refractivity contribution in [3.63, 3.8) is 0 Å². The number of nitrogens with zero attached hydrogens (tertiary/aromatic N) is 2. The van der Waals surface area contributed by atoms with Crippen LogP contribution in [0, 0.1) is 0 Å². The lowest BCUT2D eigenvalue weighted by molar-refractivity contribution is 0.0949. The number of aromatic amines is 1. The first kappa shape index (κ1) is 12.3. The van der Waals surface area contributed by atoms with Gasteiger partial charge in [0.15, 0.2) is 0 Å². The second-order valence-corrected chi connectivity index (χ2v) is 4.50. The fourth-order valence-electron chi connectivity index (χ4n) is 2.09. The summed E-state index contributed by atoms with van der Waals surface area (Å²) in [7, 11) is 0. The molecule has 5 nitrogen and oxygen atoms in total. The maximum atomic E-state index is 11.8. The Morgan fingerprint density at radius 3 is 3.05 bits per heavy atom. The van der Waals surface area contributed by atoms with Crippen LogP contribution in [0.4, 0.5) is 0 Å². The summed E-state index contributed by atoms with van der Waals surface area (Å²) in [5.41, 5.74) is 2.66. The molecule has 5 heteroatoms. The number of hydrogen-bond donors (Lipinski definition) is 2. The van der Waals surface area contributed by atoms with Crippen LogP contribution in [0.5, 0.6) is 0 Å². The number of carbonyl (C=O) groups is 1. The van der Waals surface area contributed by atoms with Gasteiger partial charge in [-0.2, -0.15) is 0 Å². The molecule has 0 aliphatic carbocycles. The second-order valence-electron chi connectivity index (χ2n) is 4.50. The van der Waals surface area contributed by atoms with Crippen LogP contribution in [0.3, 0.4) is 0 Å². The molecule has 0 saturated heterocycles. The summed E-state index contributed by atoms with van der Waals surface area (Å²) in [6, 6.07) is 8.28. The minimum Gasteiger partial charge on any atom is -0.361 e. The fraction of sp³-hybridized carbons (Fsp3) is 0.133. The Labute approximate surface area is 116 Å². The van der Waals surface area contributed by atoms with Gasteiger partial charge in [0.1, 0.15) is 5.69 Å². The molecular weight excluding hydrogens is 252 g/mol.